The molecule has 2 aromatic carbocycles. The Bertz CT molecular complexity index is 912. The first kappa shape index (κ1) is 15.8. The van der Waals surface area contributed by atoms with Gasteiger partial charge in [0.25, 0.3) is 5.95 Å². The van der Waals surface area contributed by atoms with Crippen LogP contribution in [-0.2, 0) is 6.42 Å². The van der Waals surface area contributed by atoms with Crippen LogP contribution in [0, 0.1) is 6.92 Å². The molecule has 126 valence electrons. The third kappa shape index (κ3) is 3.28. The second-order valence-corrected chi connectivity index (χ2v) is 6.55. The highest BCUT2D eigenvalue weighted by atomic mass is 35.5. The van der Waals surface area contributed by atoms with Crippen molar-refractivity contribution in [3.05, 3.63) is 64.8 Å². The van der Waals surface area contributed by atoms with Crippen LogP contribution >= 0.6 is 11.6 Å². The van der Waals surface area contributed by atoms with Crippen LogP contribution in [0.1, 0.15) is 17.5 Å². The smallest absolute Gasteiger partial charge is 0.251 e. The van der Waals surface area contributed by atoms with Crippen LogP contribution in [0.5, 0.6) is 0 Å². The van der Waals surface area contributed by atoms with Crippen molar-refractivity contribution in [1.82, 2.24) is 15.2 Å². The van der Waals surface area contributed by atoms with Crippen molar-refractivity contribution >= 4 is 34.7 Å². The molecule has 0 spiro atoms. The van der Waals surface area contributed by atoms with E-state index in [1.54, 1.807) is 6.20 Å². The Morgan fingerprint density at radius 3 is 2.92 bits per heavy atom. The first-order valence-electron chi connectivity index (χ1n) is 8.29. The van der Waals surface area contributed by atoms with Gasteiger partial charge in [-0.15, -0.1) is 5.10 Å². The lowest BCUT2D eigenvalue weighted by molar-refractivity contribution is 0.742. The second kappa shape index (κ2) is 6.69. The maximum atomic E-state index is 6.02. The molecular formula is C19H18ClN5. The van der Waals surface area contributed by atoms with E-state index in [1.807, 2.05) is 31.2 Å². The Morgan fingerprint density at radius 2 is 2.04 bits per heavy atom. The topological polar surface area (TPSA) is 53.9 Å². The molecule has 2 heterocycles. The van der Waals surface area contributed by atoms with Crippen LogP contribution in [0.25, 0.3) is 0 Å². The zero-order valence-corrected chi connectivity index (χ0v) is 14.7. The molecule has 4 rings (SSSR count). The molecule has 1 aliphatic rings. The highest BCUT2D eigenvalue weighted by Crippen LogP contribution is 2.31. The van der Waals surface area contributed by atoms with E-state index in [0.29, 0.717) is 11.8 Å². The lowest BCUT2D eigenvalue weighted by Crippen LogP contribution is -2.26. The van der Waals surface area contributed by atoms with Crippen molar-refractivity contribution in [2.75, 3.05) is 16.8 Å². The van der Waals surface area contributed by atoms with Gasteiger partial charge in [0.1, 0.15) is 0 Å². The van der Waals surface area contributed by atoms with Gasteiger partial charge in [-0.3, -0.25) is 0 Å². The summed E-state index contributed by atoms with van der Waals surface area (Å²) in [6.07, 6.45) is 3.80. The van der Waals surface area contributed by atoms with Gasteiger partial charge in [-0.05, 0) is 55.2 Å². The summed E-state index contributed by atoms with van der Waals surface area (Å²) < 4.78 is 0. The molecule has 0 fully saturated rings. The van der Waals surface area contributed by atoms with E-state index < -0.39 is 0 Å². The van der Waals surface area contributed by atoms with Gasteiger partial charge in [0.05, 0.1) is 6.20 Å². The summed E-state index contributed by atoms with van der Waals surface area (Å²) in [6.45, 7) is 2.90. The molecule has 0 amide bonds. The molecule has 3 aromatic rings. The number of nitrogens with one attached hydrogen (secondary N) is 1. The van der Waals surface area contributed by atoms with Crippen molar-refractivity contribution in [3.63, 3.8) is 0 Å². The predicted molar refractivity (Wildman–Crippen MR) is 101 cm³/mol. The maximum absolute atomic E-state index is 6.02. The fourth-order valence-electron chi connectivity index (χ4n) is 3.12. The third-order valence-electron chi connectivity index (χ3n) is 4.35. The monoisotopic (exact) mass is 351 g/mol. The highest BCUT2D eigenvalue weighted by Gasteiger charge is 2.20. The summed E-state index contributed by atoms with van der Waals surface area (Å²) in [7, 11) is 0. The van der Waals surface area contributed by atoms with Crippen molar-refractivity contribution in [1.29, 1.82) is 0 Å². The molecule has 25 heavy (non-hydrogen) atoms. The Balaban J connectivity index is 1.64. The van der Waals surface area contributed by atoms with Gasteiger partial charge >= 0.3 is 0 Å². The van der Waals surface area contributed by atoms with E-state index in [-0.39, 0.29) is 0 Å². The fourth-order valence-corrected chi connectivity index (χ4v) is 3.34. The van der Waals surface area contributed by atoms with E-state index >= 15 is 0 Å². The van der Waals surface area contributed by atoms with Crippen LogP contribution < -0.4 is 10.2 Å². The lowest BCUT2D eigenvalue weighted by atomic mass is 10.0. The Morgan fingerprint density at radius 1 is 1.16 bits per heavy atom. The number of rotatable bonds is 3. The summed E-state index contributed by atoms with van der Waals surface area (Å²) in [5.74, 6) is 1.28. The van der Waals surface area contributed by atoms with Gasteiger partial charge in [-0.1, -0.05) is 29.8 Å². The zero-order valence-electron chi connectivity index (χ0n) is 13.9. The number of aryl methyl sites for hydroxylation is 2. The maximum Gasteiger partial charge on any atom is 0.251 e. The van der Waals surface area contributed by atoms with E-state index in [0.717, 1.165) is 41.3 Å². The molecule has 0 unspecified atom stereocenters. The van der Waals surface area contributed by atoms with Gasteiger partial charge in [0, 0.05) is 22.9 Å². The standard InChI is InChI=1S/C19H18ClN5/c1-13-11-15(20)8-9-16(13)22-18-12-21-24-19(23-18)25-10-4-6-14-5-2-3-7-17(14)25/h2-3,5,7-9,11-12H,4,6,10H2,1H3,(H,22,23,24). The first-order chi connectivity index (χ1) is 12.2. The molecule has 0 bridgehead atoms. The predicted octanol–water partition coefficient (Wildman–Crippen LogP) is 4.66. The molecule has 1 N–H and O–H groups in total. The molecular weight excluding hydrogens is 334 g/mol. The van der Waals surface area contributed by atoms with E-state index in [4.69, 9.17) is 11.6 Å². The second-order valence-electron chi connectivity index (χ2n) is 6.11. The fraction of sp³-hybridized carbons (Fsp3) is 0.211. The summed E-state index contributed by atoms with van der Waals surface area (Å²) in [5, 5.41) is 12.4. The number of fused-ring (bicyclic) bond motifs is 1. The van der Waals surface area contributed by atoms with Crippen molar-refractivity contribution in [2.24, 2.45) is 0 Å². The molecule has 0 saturated carbocycles. The van der Waals surface area contributed by atoms with Gasteiger partial charge in [-0.2, -0.15) is 10.1 Å². The number of para-hydroxylation sites is 1. The first-order valence-corrected chi connectivity index (χ1v) is 8.67. The Labute approximate surface area is 151 Å². The van der Waals surface area contributed by atoms with Crippen molar-refractivity contribution in [3.8, 4) is 0 Å². The molecule has 6 heteroatoms. The number of hydrogen-bond acceptors (Lipinski definition) is 5. The summed E-state index contributed by atoms with van der Waals surface area (Å²) in [4.78, 5) is 6.79. The van der Waals surface area contributed by atoms with Gasteiger partial charge in [-0.25, -0.2) is 0 Å². The molecule has 0 atom stereocenters. The molecule has 1 aliphatic heterocycles. The van der Waals surface area contributed by atoms with Gasteiger partial charge in [0.15, 0.2) is 5.82 Å². The Kier molecular flexibility index (Phi) is 4.24. The number of halogens is 1. The number of anilines is 4. The number of aromatic nitrogens is 3. The van der Waals surface area contributed by atoms with E-state index in [1.165, 1.54) is 5.56 Å². The minimum atomic E-state index is 0.615. The number of nitrogens with zero attached hydrogens (tertiary/aromatic N) is 4. The van der Waals surface area contributed by atoms with Crippen LogP contribution in [0.2, 0.25) is 5.02 Å². The summed E-state index contributed by atoms with van der Waals surface area (Å²) in [6, 6.07) is 14.1. The van der Waals surface area contributed by atoms with Crippen molar-refractivity contribution < 1.29 is 0 Å². The highest BCUT2D eigenvalue weighted by molar-refractivity contribution is 6.30. The van der Waals surface area contributed by atoms with Crippen molar-refractivity contribution in [2.45, 2.75) is 19.8 Å². The average Bonchev–Trinajstić information content (AvgIpc) is 2.64. The van der Waals surface area contributed by atoms with E-state index in [9.17, 15) is 0 Å². The third-order valence-corrected chi connectivity index (χ3v) is 4.59. The zero-order chi connectivity index (χ0) is 17.2. The number of hydrogen-bond donors (Lipinski definition) is 1. The lowest BCUT2D eigenvalue weighted by Gasteiger charge is -2.29. The minimum absolute atomic E-state index is 0.615. The Hall–Kier alpha value is -2.66. The van der Waals surface area contributed by atoms with Crippen LogP contribution in [0.15, 0.2) is 48.7 Å². The normalized spacial score (nSPS) is 13.4. The molecule has 5 nitrogen and oxygen atoms in total. The molecule has 0 aliphatic carbocycles. The summed E-state index contributed by atoms with van der Waals surface area (Å²) >= 11 is 6.02. The summed E-state index contributed by atoms with van der Waals surface area (Å²) in [5.41, 5.74) is 4.49. The van der Waals surface area contributed by atoms with Gasteiger partial charge < -0.3 is 10.2 Å². The van der Waals surface area contributed by atoms with Crippen LogP contribution in [-0.4, -0.2) is 21.7 Å². The average molecular weight is 352 g/mol. The minimum Gasteiger partial charge on any atom is -0.339 e. The van der Waals surface area contributed by atoms with E-state index in [2.05, 4.69) is 43.6 Å². The largest absolute Gasteiger partial charge is 0.339 e. The quantitative estimate of drug-likeness (QED) is 0.743. The number of benzene rings is 2. The SMILES string of the molecule is Cc1cc(Cl)ccc1Nc1cnnc(N2CCCc3ccccc32)n1. The molecule has 1 aromatic heterocycles. The molecule has 0 radical (unpaired) electrons. The van der Waals surface area contributed by atoms with Crippen LogP contribution in [0.3, 0.4) is 0 Å². The van der Waals surface area contributed by atoms with Crippen LogP contribution in [0.4, 0.5) is 23.1 Å². The molecule has 0 saturated heterocycles. The van der Waals surface area contributed by atoms with Gasteiger partial charge in [0.2, 0.25) is 0 Å².